The minimum absolute atomic E-state index is 0. The van der Waals surface area contributed by atoms with Crippen LogP contribution in [0.5, 0.6) is 0 Å². The van der Waals surface area contributed by atoms with Gasteiger partial charge in [0.05, 0.1) is 0 Å². The molecule has 2 nitrogen and oxygen atoms in total. The third-order valence-corrected chi connectivity index (χ3v) is 3.48. The summed E-state index contributed by atoms with van der Waals surface area (Å²) < 4.78 is 18.0. The summed E-state index contributed by atoms with van der Waals surface area (Å²) in [5.74, 6) is 1.16. The molecule has 0 N–H and O–H groups in total. The van der Waals surface area contributed by atoms with Gasteiger partial charge < -0.3 is 4.65 Å². The number of pyridine rings is 1. The van der Waals surface area contributed by atoms with Crippen molar-refractivity contribution >= 4 is 35.5 Å². The van der Waals surface area contributed by atoms with Gasteiger partial charge in [0.2, 0.25) is 0 Å². The van der Waals surface area contributed by atoms with E-state index in [4.69, 9.17) is 4.65 Å². The molecule has 1 aromatic heterocycles. The molecular formula is C12H16BFINOU-. The SMILES string of the molecule is C[C-](C)C(C)(C)O[B]c1cnccc1C(F)I.[U]. The third kappa shape index (κ3) is 5.48. The predicted octanol–water partition coefficient (Wildman–Crippen LogP) is 3.14. The van der Waals surface area contributed by atoms with E-state index < -0.39 is 4.18 Å². The summed E-state index contributed by atoms with van der Waals surface area (Å²) in [5, 5.41) is 0. The van der Waals surface area contributed by atoms with Crippen LogP contribution in [-0.2, 0) is 4.65 Å². The van der Waals surface area contributed by atoms with Gasteiger partial charge in [0.1, 0.15) is 0 Å². The number of rotatable bonds is 5. The first-order valence-electron chi connectivity index (χ1n) is 5.38. The van der Waals surface area contributed by atoms with Crippen LogP contribution in [0.25, 0.3) is 0 Å². The molecule has 18 heavy (non-hydrogen) atoms. The summed E-state index contributed by atoms with van der Waals surface area (Å²) >= 11 is 1.73. The van der Waals surface area contributed by atoms with Crippen LogP contribution in [0.4, 0.5) is 4.39 Å². The third-order valence-electron chi connectivity index (χ3n) is 2.81. The van der Waals surface area contributed by atoms with Crippen LogP contribution in [-0.4, -0.2) is 18.1 Å². The molecule has 1 radical (unpaired) electrons. The molecule has 0 aliphatic heterocycles. The normalized spacial score (nSPS) is 13.1. The van der Waals surface area contributed by atoms with Crippen LogP contribution in [0.2, 0.25) is 0 Å². The van der Waals surface area contributed by atoms with Gasteiger partial charge >= 0.3 is 7.48 Å². The number of hydrogen-bond donors (Lipinski definition) is 0. The Bertz CT molecular complexity index is 377. The Kier molecular flexibility index (Phi) is 8.64. The zero-order valence-corrected chi connectivity index (χ0v) is 17.3. The first-order chi connectivity index (χ1) is 7.84. The summed E-state index contributed by atoms with van der Waals surface area (Å²) in [6.45, 7) is 7.97. The van der Waals surface area contributed by atoms with Crippen molar-refractivity contribution in [2.24, 2.45) is 0 Å². The minimum Gasteiger partial charge on any atom is -0.460 e. The smallest absolute Gasteiger partial charge is 0.329 e. The Morgan fingerprint density at radius 2 is 2.11 bits per heavy atom. The zero-order chi connectivity index (χ0) is 13.1. The summed E-state index contributed by atoms with van der Waals surface area (Å²) in [5.41, 5.74) is 0.915. The molecule has 0 saturated carbocycles. The standard InChI is InChI=1S/C12H16BFINO.U/c1-8(2)12(3,4)17-13-10-7-16-6-5-9(10)11(14)15;/h5-7,11H,1-4H3;/q-1;. The van der Waals surface area contributed by atoms with Gasteiger partial charge in [-0.25, -0.2) is 4.39 Å². The monoisotopic (exact) mass is 585 g/mol. The Morgan fingerprint density at radius 1 is 1.50 bits per heavy atom. The summed E-state index contributed by atoms with van der Waals surface area (Å²) in [4.78, 5) is 3.99. The topological polar surface area (TPSA) is 22.1 Å². The van der Waals surface area contributed by atoms with E-state index in [1.165, 1.54) is 0 Å². The van der Waals surface area contributed by atoms with Crippen LogP contribution in [0.15, 0.2) is 18.5 Å². The van der Waals surface area contributed by atoms with Crippen LogP contribution in [0.1, 0.15) is 37.4 Å². The van der Waals surface area contributed by atoms with Gasteiger partial charge in [-0.3, -0.25) is 10.9 Å². The van der Waals surface area contributed by atoms with Crippen molar-refractivity contribution in [2.45, 2.75) is 37.5 Å². The molecule has 0 bridgehead atoms. The van der Waals surface area contributed by atoms with Crippen LogP contribution < -0.4 is 5.46 Å². The Labute approximate surface area is 147 Å². The average Bonchev–Trinajstić information content (AvgIpc) is 2.26. The summed E-state index contributed by atoms with van der Waals surface area (Å²) in [6, 6.07) is 1.67. The van der Waals surface area contributed by atoms with E-state index in [0.29, 0.717) is 11.0 Å². The average molecular weight is 585 g/mol. The molecule has 0 saturated heterocycles. The molecule has 1 aromatic rings. The maximum Gasteiger partial charge on any atom is 0.329 e. The van der Waals surface area contributed by atoms with Gasteiger partial charge in [-0.2, -0.15) is 13.8 Å². The molecule has 0 spiro atoms. The molecule has 0 aliphatic rings. The Morgan fingerprint density at radius 3 is 2.61 bits per heavy atom. The van der Waals surface area contributed by atoms with Crippen molar-refractivity contribution < 1.29 is 40.2 Å². The zero-order valence-electron chi connectivity index (χ0n) is 11.0. The maximum absolute atomic E-state index is 13.4. The maximum atomic E-state index is 13.4. The van der Waals surface area contributed by atoms with Gasteiger partial charge in [-0.05, 0) is 39.7 Å². The second-order valence-electron chi connectivity index (χ2n) is 4.55. The van der Waals surface area contributed by atoms with Gasteiger partial charge in [0.25, 0.3) is 0 Å². The van der Waals surface area contributed by atoms with Crippen molar-refractivity contribution in [1.29, 1.82) is 0 Å². The second kappa shape index (κ2) is 8.24. The van der Waals surface area contributed by atoms with Crippen LogP contribution >= 0.6 is 22.6 Å². The fraction of sp³-hybridized carbons (Fsp3) is 0.500. The quantitative estimate of drug-likeness (QED) is 0.230. The predicted molar refractivity (Wildman–Crippen MR) is 77.2 cm³/mol. The number of aromatic nitrogens is 1. The van der Waals surface area contributed by atoms with Gasteiger partial charge in [-0.1, -0.05) is 19.4 Å². The molecule has 0 aliphatic carbocycles. The number of alkyl halides is 2. The molecule has 1 unspecified atom stereocenters. The van der Waals surface area contributed by atoms with E-state index in [1.54, 1.807) is 48.5 Å². The molecule has 0 amide bonds. The first kappa shape index (κ1) is 18.9. The van der Waals surface area contributed by atoms with Crippen molar-refractivity contribution in [3.8, 4) is 0 Å². The first-order valence-corrected chi connectivity index (χ1v) is 6.63. The molecule has 0 aromatic carbocycles. The van der Waals surface area contributed by atoms with Gasteiger partial charge in [-0.15, -0.1) is 0 Å². The van der Waals surface area contributed by atoms with Crippen LogP contribution in [0.3, 0.4) is 0 Å². The van der Waals surface area contributed by atoms with E-state index >= 15 is 0 Å². The van der Waals surface area contributed by atoms with E-state index in [1.807, 2.05) is 27.7 Å². The van der Waals surface area contributed by atoms with Crippen molar-refractivity contribution in [3.05, 3.63) is 29.9 Å². The number of hydrogen-bond acceptors (Lipinski definition) is 2. The van der Waals surface area contributed by atoms with E-state index in [9.17, 15) is 4.39 Å². The molecule has 1 heterocycles. The van der Waals surface area contributed by atoms with Crippen molar-refractivity contribution in [2.75, 3.05) is 0 Å². The summed E-state index contributed by atoms with van der Waals surface area (Å²) in [6.07, 6.45) is 3.20. The van der Waals surface area contributed by atoms with Gasteiger partial charge in [0, 0.05) is 43.5 Å². The largest absolute Gasteiger partial charge is 0.460 e. The molecule has 1 rings (SSSR count). The molecule has 0 fully saturated rings. The fourth-order valence-corrected chi connectivity index (χ4v) is 1.61. The number of halogens is 2. The van der Waals surface area contributed by atoms with Crippen molar-refractivity contribution in [3.63, 3.8) is 0 Å². The van der Waals surface area contributed by atoms with Crippen LogP contribution in [0, 0.1) is 37.0 Å². The van der Waals surface area contributed by atoms with E-state index in [2.05, 4.69) is 4.98 Å². The Hall–Kier alpha value is 0.887. The van der Waals surface area contributed by atoms with E-state index in [-0.39, 0.29) is 36.7 Å². The van der Waals surface area contributed by atoms with E-state index in [0.717, 1.165) is 5.92 Å². The second-order valence-corrected chi connectivity index (χ2v) is 5.64. The van der Waals surface area contributed by atoms with Gasteiger partial charge in [0.15, 0.2) is 4.18 Å². The minimum atomic E-state index is -1.06. The molecule has 97 valence electrons. The Balaban J connectivity index is 0.00000289. The summed E-state index contributed by atoms with van der Waals surface area (Å²) in [7, 11) is 1.58. The fourth-order valence-electron chi connectivity index (χ4n) is 1.04. The molecule has 1 atom stereocenters. The number of nitrogens with zero attached hydrogens (tertiary/aromatic N) is 1. The molecular weight excluding hydrogens is 569 g/mol. The molecule has 6 heteroatoms. The van der Waals surface area contributed by atoms with Crippen molar-refractivity contribution in [1.82, 2.24) is 4.98 Å².